The average molecular weight is 382 g/mol. The number of methoxy groups -OCH3 is 3. The third-order valence-corrected chi connectivity index (χ3v) is 3.90. The summed E-state index contributed by atoms with van der Waals surface area (Å²) in [5.41, 5.74) is 1.35. The average Bonchev–Trinajstić information content (AvgIpc) is 2.71. The monoisotopic (exact) mass is 382 g/mol. The van der Waals surface area contributed by atoms with E-state index in [2.05, 4.69) is 0 Å². The van der Waals surface area contributed by atoms with E-state index in [4.69, 9.17) is 14.2 Å². The van der Waals surface area contributed by atoms with Gasteiger partial charge in [0.1, 0.15) is 0 Å². The smallest absolute Gasteiger partial charge is 0.167 e. The third-order valence-electron chi connectivity index (χ3n) is 3.90. The maximum Gasteiger partial charge on any atom is 0.167 e. The molecule has 0 bridgehead atoms. The number of ketones is 2. The van der Waals surface area contributed by atoms with Gasteiger partial charge < -0.3 is 19.3 Å². The van der Waals surface area contributed by atoms with E-state index in [0.717, 1.165) is 0 Å². The molecule has 2 aromatic rings. The fourth-order valence-electron chi connectivity index (χ4n) is 2.50. The molecule has 2 rings (SSSR count). The van der Waals surface area contributed by atoms with Gasteiger partial charge in [-0.05, 0) is 42.0 Å². The molecule has 0 spiro atoms. The molecule has 0 aliphatic carbocycles. The number of carbonyl (C=O) groups excluding carboxylic acids is 2. The predicted octanol–water partition coefficient (Wildman–Crippen LogP) is 3.67. The van der Waals surface area contributed by atoms with Crippen LogP contribution in [-0.4, -0.2) is 38.0 Å². The number of ether oxygens (including phenoxy) is 3. The molecule has 0 aliphatic rings. The molecule has 2 aromatic carbocycles. The zero-order chi connectivity index (χ0) is 20.5. The number of hydrogen-bond donors (Lipinski definition) is 1. The van der Waals surface area contributed by atoms with Crippen LogP contribution in [-0.2, 0) is 9.59 Å². The summed E-state index contributed by atoms with van der Waals surface area (Å²) in [7, 11) is 4.49. The fraction of sp³-hybridized carbons (Fsp3) is 0.182. The van der Waals surface area contributed by atoms with E-state index in [9.17, 15) is 14.7 Å². The molecule has 0 atom stereocenters. The Bertz CT molecular complexity index is 911. The standard InChI is InChI=1S/C22H22O6/c1-26-20-6-4-5-16(22(20)28-3)9-11-18(24)14-17(23)10-7-15-8-12-19(25)21(13-15)27-2/h4-13,25H,14H2,1-3H3/b10-7+,11-9+. The van der Waals surface area contributed by atoms with E-state index < -0.39 is 0 Å². The Kier molecular flexibility index (Phi) is 7.39. The van der Waals surface area contributed by atoms with Gasteiger partial charge in [-0.25, -0.2) is 0 Å². The van der Waals surface area contributed by atoms with Crippen molar-refractivity contribution in [1.82, 2.24) is 0 Å². The zero-order valence-corrected chi connectivity index (χ0v) is 16.0. The van der Waals surface area contributed by atoms with Crippen LogP contribution in [0.15, 0.2) is 48.6 Å². The van der Waals surface area contributed by atoms with Crippen LogP contribution in [0.25, 0.3) is 12.2 Å². The summed E-state index contributed by atoms with van der Waals surface area (Å²) >= 11 is 0. The summed E-state index contributed by atoms with van der Waals surface area (Å²) in [6, 6.07) is 10.0. The molecule has 1 N–H and O–H groups in total. The van der Waals surface area contributed by atoms with Gasteiger partial charge in [0.15, 0.2) is 34.6 Å². The quantitative estimate of drug-likeness (QED) is 0.526. The molecule has 0 radical (unpaired) electrons. The van der Waals surface area contributed by atoms with Gasteiger partial charge in [-0.2, -0.15) is 0 Å². The number of phenolic OH excluding ortho intramolecular Hbond substituents is 1. The van der Waals surface area contributed by atoms with Gasteiger partial charge in [0.25, 0.3) is 0 Å². The van der Waals surface area contributed by atoms with Crippen LogP contribution >= 0.6 is 0 Å². The van der Waals surface area contributed by atoms with Crippen molar-refractivity contribution >= 4 is 23.7 Å². The molecule has 0 aliphatic heterocycles. The summed E-state index contributed by atoms with van der Waals surface area (Å²) in [5, 5.41) is 9.57. The summed E-state index contributed by atoms with van der Waals surface area (Å²) in [4.78, 5) is 24.1. The molecule has 0 aromatic heterocycles. The van der Waals surface area contributed by atoms with Crippen LogP contribution in [0.2, 0.25) is 0 Å². The molecule has 0 fully saturated rings. The summed E-state index contributed by atoms with van der Waals surface area (Å²) in [6.45, 7) is 0. The van der Waals surface area contributed by atoms with Gasteiger partial charge in [-0.1, -0.05) is 24.3 Å². The first-order valence-electron chi connectivity index (χ1n) is 8.48. The topological polar surface area (TPSA) is 82.1 Å². The van der Waals surface area contributed by atoms with Gasteiger partial charge in [0, 0.05) is 5.56 Å². The molecule has 0 saturated heterocycles. The predicted molar refractivity (Wildman–Crippen MR) is 107 cm³/mol. The Hall–Kier alpha value is -3.54. The van der Waals surface area contributed by atoms with Crippen molar-refractivity contribution in [3.8, 4) is 23.0 Å². The SMILES string of the molecule is COc1cc(/C=C/C(=O)CC(=O)/C=C/c2cccc(OC)c2OC)ccc1O. The normalized spacial score (nSPS) is 11.0. The van der Waals surface area contributed by atoms with Crippen LogP contribution in [0.1, 0.15) is 17.5 Å². The van der Waals surface area contributed by atoms with Crippen molar-refractivity contribution < 1.29 is 28.9 Å². The van der Waals surface area contributed by atoms with Gasteiger partial charge in [0.05, 0.1) is 27.8 Å². The van der Waals surface area contributed by atoms with Crippen molar-refractivity contribution in [1.29, 1.82) is 0 Å². The third kappa shape index (κ3) is 5.48. The number of hydrogen-bond acceptors (Lipinski definition) is 6. The van der Waals surface area contributed by atoms with E-state index in [1.807, 2.05) is 0 Å². The van der Waals surface area contributed by atoms with E-state index in [-0.39, 0.29) is 23.7 Å². The van der Waals surface area contributed by atoms with E-state index in [1.165, 1.54) is 39.5 Å². The van der Waals surface area contributed by atoms with Crippen LogP contribution in [0, 0.1) is 0 Å². The van der Waals surface area contributed by atoms with Crippen LogP contribution in [0.4, 0.5) is 0 Å². The minimum absolute atomic E-state index is 0.0132. The lowest BCUT2D eigenvalue weighted by Crippen LogP contribution is -2.02. The summed E-state index contributed by atoms with van der Waals surface area (Å²) in [6.07, 6.45) is 5.56. The Balaban J connectivity index is 2.01. The highest BCUT2D eigenvalue weighted by molar-refractivity contribution is 6.11. The first-order valence-corrected chi connectivity index (χ1v) is 8.48. The Morgan fingerprint density at radius 2 is 1.57 bits per heavy atom. The first-order chi connectivity index (χ1) is 13.5. The molecule has 0 heterocycles. The molecule has 146 valence electrons. The minimum Gasteiger partial charge on any atom is -0.504 e. The van der Waals surface area contributed by atoms with Crippen molar-refractivity contribution in [2.45, 2.75) is 6.42 Å². The fourth-order valence-corrected chi connectivity index (χ4v) is 2.50. The molecule has 28 heavy (non-hydrogen) atoms. The first kappa shape index (κ1) is 20.8. The molecular formula is C22H22O6. The molecule has 0 amide bonds. The highest BCUT2D eigenvalue weighted by Gasteiger charge is 2.08. The Labute approximate surface area is 163 Å². The number of carbonyl (C=O) groups is 2. The number of para-hydroxylation sites is 1. The Morgan fingerprint density at radius 1 is 0.893 bits per heavy atom. The van der Waals surface area contributed by atoms with Crippen molar-refractivity contribution in [3.05, 3.63) is 59.7 Å². The van der Waals surface area contributed by atoms with Gasteiger partial charge >= 0.3 is 0 Å². The lowest BCUT2D eigenvalue weighted by Gasteiger charge is -2.09. The van der Waals surface area contributed by atoms with E-state index >= 15 is 0 Å². The molecular weight excluding hydrogens is 360 g/mol. The summed E-state index contributed by atoms with van der Waals surface area (Å²) in [5.74, 6) is 0.726. The van der Waals surface area contributed by atoms with Crippen LogP contribution in [0.5, 0.6) is 23.0 Å². The van der Waals surface area contributed by atoms with Crippen molar-refractivity contribution in [3.63, 3.8) is 0 Å². The zero-order valence-electron chi connectivity index (χ0n) is 16.0. The number of benzene rings is 2. The van der Waals surface area contributed by atoms with Crippen LogP contribution < -0.4 is 14.2 Å². The van der Waals surface area contributed by atoms with Gasteiger partial charge in [-0.3, -0.25) is 9.59 Å². The van der Waals surface area contributed by atoms with Crippen molar-refractivity contribution in [2.24, 2.45) is 0 Å². The number of aromatic hydroxyl groups is 1. The second-order valence-electron chi connectivity index (χ2n) is 5.79. The number of rotatable bonds is 9. The molecule has 0 unspecified atom stereocenters. The second-order valence-corrected chi connectivity index (χ2v) is 5.79. The van der Waals surface area contributed by atoms with Crippen LogP contribution in [0.3, 0.4) is 0 Å². The lowest BCUT2D eigenvalue weighted by molar-refractivity contribution is -0.121. The molecule has 6 nitrogen and oxygen atoms in total. The molecule has 0 saturated carbocycles. The number of allylic oxidation sites excluding steroid dienone is 2. The summed E-state index contributed by atoms with van der Waals surface area (Å²) < 4.78 is 15.5. The van der Waals surface area contributed by atoms with Crippen molar-refractivity contribution in [2.75, 3.05) is 21.3 Å². The van der Waals surface area contributed by atoms with E-state index in [0.29, 0.717) is 28.4 Å². The highest BCUT2D eigenvalue weighted by atomic mass is 16.5. The largest absolute Gasteiger partial charge is 0.504 e. The Morgan fingerprint density at radius 3 is 2.21 bits per heavy atom. The lowest BCUT2D eigenvalue weighted by atomic mass is 10.1. The van der Waals surface area contributed by atoms with E-state index in [1.54, 1.807) is 42.5 Å². The maximum absolute atomic E-state index is 12.1. The number of phenols is 1. The molecule has 6 heteroatoms. The second kappa shape index (κ2) is 9.97. The minimum atomic E-state index is -0.334. The highest BCUT2D eigenvalue weighted by Crippen LogP contribution is 2.31. The van der Waals surface area contributed by atoms with Gasteiger partial charge in [0.2, 0.25) is 0 Å². The maximum atomic E-state index is 12.1. The van der Waals surface area contributed by atoms with Gasteiger partial charge in [-0.15, -0.1) is 0 Å².